The highest BCUT2D eigenvalue weighted by molar-refractivity contribution is 6.50. The van der Waals surface area contributed by atoms with Gasteiger partial charge in [-0.2, -0.15) is 0 Å². The average molecular weight is 439 g/mol. The number of anilines is 1. The maximum absolute atomic E-state index is 13.1. The number of fused-ring (bicyclic) bond motifs is 2. The smallest absolute Gasteiger partial charge is 0.259 e. The minimum absolute atomic E-state index is 0.337. The molecule has 1 N–H and O–H groups in total. The molecular formula is C27H26N4O2. The maximum Gasteiger partial charge on any atom is 0.259 e. The van der Waals surface area contributed by atoms with Gasteiger partial charge in [0.05, 0.1) is 16.7 Å². The number of carbonyl (C=O) groups is 2. The summed E-state index contributed by atoms with van der Waals surface area (Å²) in [6, 6.07) is 14.4. The molecule has 0 unspecified atom stereocenters. The van der Waals surface area contributed by atoms with Crippen molar-refractivity contribution in [2.75, 3.05) is 18.0 Å². The van der Waals surface area contributed by atoms with Crippen molar-refractivity contribution in [2.24, 2.45) is 14.1 Å². The fourth-order valence-corrected chi connectivity index (χ4v) is 5.43. The fraction of sp³-hybridized carbons (Fsp3) is 0.259. The van der Waals surface area contributed by atoms with Gasteiger partial charge in [-0.05, 0) is 37.5 Å². The van der Waals surface area contributed by atoms with E-state index in [0.29, 0.717) is 11.1 Å². The van der Waals surface area contributed by atoms with E-state index in [4.69, 9.17) is 0 Å². The summed E-state index contributed by atoms with van der Waals surface area (Å²) in [6.07, 6.45) is 7.66. The molecule has 2 amide bonds. The van der Waals surface area contributed by atoms with Crippen LogP contribution in [0, 0.1) is 0 Å². The molecule has 2 aliphatic heterocycles. The van der Waals surface area contributed by atoms with Crippen LogP contribution in [0.5, 0.6) is 0 Å². The van der Waals surface area contributed by atoms with Gasteiger partial charge in [0, 0.05) is 72.7 Å². The van der Waals surface area contributed by atoms with E-state index in [9.17, 15) is 9.59 Å². The third-order valence-electron chi connectivity index (χ3n) is 7.06. The van der Waals surface area contributed by atoms with Gasteiger partial charge in [-0.1, -0.05) is 24.3 Å². The lowest BCUT2D eigenvalue weighted by molar-refractivity contribution is -0.122. The van der Waals surface area contributed by atoms with E-state index in [1.807, 2.05) is 55.3 Å². The van der Waals surface area contributed by atoms with Gasteiger partial charge in [0.15, 0.2) is 0 Å². The second-order valence-electron chi connectivity index (χ2n) is 9.11. The Balaban J connectivity index is 1.56. The molecule has 0 bridgehead atoms. The third-order valence-corrected chi connectivity index (χ3v) is 7.06. The Hall–Kier alpha value is -3.80. The second kappa shape index (κ2) is 7.37. The third kappa shape index (κ3) is 3.01. The fourth-order valence-electron chi connectivity index (χ4n) is 5.43. The number of nitrogens with one attached hydrogen (secondary N) is 1. The van der Waals surface area contributed by atoms with Crippen molar-refractivity contribution >= 4 is 50.5 Å². The van der Waals surface area contributed by atoms with E-state index in [-0.39, 0.29) is 11.8 Å². The van der Waals surface area contributed by atoms with Gasteiger partial charge < -0.3 is 14.0 Å². The zero-order valence-corrected chi connectivity index (χ0v) is 18.9. The summed E-state index contributed by atoms with van der Waals surface area (Å²) in [5.41, 5.74) is 5.78. The standard InChI is InChI=1S/C27H26N4O2/c1-29-15-20(18-8-4-5-9-22(18)29)24-25(27(33)28-26(24)32)21-16-30(2)23-14-17(10-11-19(21)23)31-12-6-3-7-13-31/h4-5,8-11,14-16H,3,6-7,12-13H2,1-2H3,(H,28,32,33). The van der Waals surface area contributed by atoms with Gasteiger partial charge in [0.2, 0.25) is 0 Å². The summed E-state index contributed by atoms with van der Waals surface area (Å²) in [7, 11) is 3.96. The van der Waals surface area contributed by atoms with Crippen LogP contribution < -0.4 is 10.2 Å². The molecule has 2 aliphatic rings. The van der Waals surface area contributed by atoms with Gasteiger partial charge in [0.25, 0.3) is 11.8 Å². The first-order chi connectivity index (χ1) is 16.0. The molecular weight excluding hydrogens is 412 g/mol. The normalized spacial score (nSPS) is 17.0. The summed E-state index contributed by atoms with van der Waals surface area (Å²) in [5.74, 6) is -0.677. The zero-order valence-electron chi connectivity index (χ0n) is 18.9. The lowest BCUT2D eigenvalue weighted by Gasteiger charge is -2.28. The minimum Gasteiger partial charge on any atom is -0.371 e. The van der Waals surface area contributed by atoms with Crippen molar-refractivity contribution in [3.8, 4) is 0 Å². The van der Waals surface area contributed by atoms with Gasteiger partial charge in [0.1, 0.15) is 0 Å². The highest BCUT2D eigenvalue weighted by atomic mass is 16.2. The van der Waals surface area contributed by atoms with E-state index in [1.165, 1.54) is 24.9 Å². The van der Waals surface area contributed by atoms with E-state index >= 15 is 0 Å². The summed E-state index contributed by atoms with van der Waals surface area (Å²) in [6.45, 7) is 2.16. The first kappa shape index (κ1) is 19.9. The van der Waals surface area contributed by atoms with Gasteiger partial charge in [-0.15, -0.1) is 0 Å². The zero-order chi connectivity index (χ0) is 22.7. The molecule has 4 aromatic rings. The Morgan fingerprint density at radius 2 is 1.33 bits per heavy atom. The first-order valence-corrected chi connectivity index (χ1v) is 11.5. The van der Waals surface area contributed by atoms with Crippen molar-refractivity contribution in [3.63, 3.8) is 0 Å². The summed E-state index contributed by atoms with van der Waals surface area (Å²) in [5, 5.41) is 4.49. The number of hydrogen-bond donors (Lipinski definition) is 1. The SMILES string of the molecule is Cn1cc(C2=C(c3cn(C)c4cc(N5CCCCC5)ccc34)C(=O)NC2=O)c2ccccc21. The molecule has 2 aromatic heterocycles. The summed E-state index contributed by atoms with van der Waals surface area (Å²) >= 11 is 0. The molecule has 33 heavy (non-hydrogen) atoms. The quantitative estimate of drug-likeness (QED) is 0.487. The Morgan fingerprint density at radius 3 is 2.03 bits per heavy atom. The van der Waals surface area contributed by atoms with Crippen molar-refractivity contribution in [1.29, 1.82) is 0 Å². The topological polar surface area (TPSA) is 59.3 Å². The number of benzene rings is 2. The van der Waals surface area contributed by atoms with Crippen LogP contribution in [0.4, 0.5) is 5.69 Å². The van der Waals surface area contributed by atoms with Crippen molar-refractivity contribution in [3.05, 3.63) is 66.0 Å². The molecule has 1 saturated heterocycles. The van der Waals surface area contributed by atoms with E-state index in [1.54, 1.807) is 0 Å². The molecule has 6 heteroatoms. The molecule has 4 heterocycles. The lowest BCUT2D eigenvalue weighted by atomic mass is 9.95. The monoisotopic (exact) mass is 438 g/mol. The second-order valence-corrected chi connectivity index (χ2v) is 9.11. The first-order valence-electron chi connectivity index (χ1n) is 11.5. The van der Waals surface area contributed by atoms with Crippen molar-refractivity contribution in [1.82, 2.24) is 14.5 Å². The molecule has 0 saturated carbocycles. The molecule has 0 spiro atoms. The molecule has 6 nitrogen and oxygen atoms in total. The number of piperidine rings is 1. The van der Waals surface area contributed by atoms with Gasteiger partial charge >= 0.3 is 0 Å². The number of carbonyl (C=O) groups excluding carboxylic acids is 2. The predicted octanol–water partition coefficient (Wildman–Crippen LogP) is 4.23. The summed E-state index contributed by atoms with van der Waals surface area (Å²) in [4.78, 5) is 28.5. The number of para-hydroxylation sites is 1. The average Bonchev–Trinajstić information content (AvgIpc) is 3.44. The van der Waals surface area contributed by atoms with Crippen LogP contribution >= 0.6 is 0 Å². The van der Waals surface area contributed by atoms with Gasteiger partial charge in [-0.3, -0.25) is 14.9 Å². The molecule has 0 aliphatic carbocycles. The van der Waals surface area contributed by atoms with Crippen molar-refractivity contribution in [2.45, 2.75) is 19.3 Å². The van der Waals surface area contributed by atoms with Gasteiger partial charge in [-0.25, -0.2) is 0 Å². The number of nitrogens with zero attached hydrogens (tertiary/aromatic N) is 3. The van der Waals surface area contributed by atoms with Crippen molar-refractivity contribution < 1.29 is 9.59 Å². The number of hydrogen-bond acceptors (Lipinski definition) is 3. The molecule has 0 atom stereocenters. The maximum atomic E-state index is 13.1. The van der Waals surface area contributed by atoms with E-state index < -0.39 is 0 Å². The van der Waals surface area contributed by atoms with E-state index in [2.05, 4.69) is 33.0 Å². The number of amides is 2. The van der Waals surface area contributed by atoms with Crippen LogP contribution in [0.1, 0.15) is 30.4 Å². The predicted molar refractivity (Wildman–Crippen MR) is 132 cm³/mol. The molecule has 6 rings (SSSR count). The highest BCUT2D eigenvalue weighted by Crippen LogP contribution is 2.39. The van der Waals surface area contributed by atoms with Crippen LogP contribution in [-0.2, 0) is 23.7 Å². The molecule has 2 aromatic carbocycles. The number of aromatic nitrogens is 2. The Kier molecular flexibility index (Phi) is 4.43. The van der Waals surface area contributed by atoms with E-state index in [0.717, 1.165) is 46.0 Å². The number of imide groups is 1. The van der Waals surface area contributed by atoms with Crippen LogP contribution in [0.25, 0.3) is 33.0 Å². The Bertz CT molecular complexity index is 1480. The largest absolute Gasteiger partial charge is 0.371 e. The Morgan fingerprint density at radius 1 is 0.727 bits per heavy atom. The number of aryl methyl sites for hydroxylation is 2. The highest BCUT2D eigenvalue weighted by Gasteiger charge is 2.35. The molecule has 0 radical (unpaired) electrons. The minimum atomic E-state index is -0.340. The Labute approximate surface area is 192 Å². The van der Waals surface area contributed by atoms with Crippen LogP contribution in [0.3, 0.4) is 0 Å². The van der Waals surface area contributed by atoms with Crippen LogP contribution in [-0.4, -0.2) is 34.0 Å². The lowest BCUT2D eigenvalue weighted by Crippen LogP contribution is -2.29. The molecule has 166 valence electrons. The summed E-state index contributed by atoms with van der Waals surface area (Å²) < 4.78 is 4.06. The number of rotatable bonds is 3. The van der Waals surface area contributed by atoms with Crippen LogP contribution in [0.2, 0.25) is 0 Å². The molecule has 1 fully saturated rings. The van der Waals surface area contributed by atoms with Crippen LogP contribution in [0.15, 0.2) is 54.9 Å².